The molecule has 1 spiro atoms. The van der Waals surface area contributed by atoms with E-state index < -0.39 is 10.8 Å². The van der Waals surface area contributed by atoms with Gasteiger partial charge in [0.05, 0.1) is 10.8 Å². The van der Waals surface area contributed by atoms with Crippen LogP contribution in [0, 0.1) is 6.92 Å². The highest BCUT2D eigenvalue weighted by Crippen LogP contribution is 2.66. The molecule has 1 heterocycles. The summed E-state index contributed by atoms with van der Waals surface area (Å²) in [4.78, 5) is 2.59. The molecule has 15 rings (SSSR count). The van der Waals surface area contributed by atoms with Crippen molar-refractivity contribution in [3.8, 4) is 55.6 Å². The van der Waals surface area contributed by atoms with Crippen LogP contribution in [0.5, 0.6) is 0 Å². The zero-order chi connectivity index (χ0) is 44.4. The van der Waals surface area contributed by atoms with Crippen molar-refractivity contribution in [1.29, 1.82) is 0 Å². The molecule has 0 aromatic heterocycles. The fraction of sp³-hybridized carbons (Fsp3) is 0.0909. The third kappa shape index (κ3) is 4.50. The predicted molar refractivity (Wildman–Crippen MR) is 276 cm³/mol. The van der Waals surface area contributed by atoms with Gasteiger partial charge in [0.1, 0.15) is 0 Å². The Kier molecular flexibility index (Phi) is 7.15. The normalized spacial score (nSPS) is 17.1. The van der Waals surface area contributed by atoms with E-state index in [1.165, 1.54) is 117 Å². The minimum atomic E-state index is -0.583. The topological polar surface area (TPSA) is 3.24 Å². The van der Waals surface area contributed by atoms with Crippen molar-refractivity contribution in [2.24, 2.45) is 0 Å². The van der Waals surface area contributed by atoms with Crippen molar-refractivity contribution >= 4 is 17.1 Å². The number of hydrogen-bond acceptors (Lipinski definition) is 1. The SMILES string of the molecule is Cc1ccc2c(c1)C13c4ccccc4-c4ccc(cc41)N(c1ccc4c(c1)C(C)(C)c1ccccc1-4)c1cc(c4c(c1)C(c1ccccc1)(c1ccccc1)c1ccccc1-4)-c1ccc-2c3c1. The number of fused-ring (bicyclic) bond motifs is 16. The molecular weight excluding hydrogens is 807 g/mol. The van der Waals surface area contributed by atoms with E-state index >= 15 is 0 Å². The van der Waals surface area contributed by atoms with Crippen LogP contribution in [-0.2, 0) is 16.2 Å². The summed E-state index contributed by atoms with van der Waals surface area (Å²) in [6.45, 7) is 7.04. The molecule has 5 aliphatic rings. The van der Waals surface area contributed by atoms with E-state index in [0.717, 1.165) is 17.1 Å². The Labute approximate surface area is 392 Å². The number of aryl methyl sites for hydroxylation is 1. The summed E-state index contributed by atoms with van der Waals surface area (Å²) in [5, 5.41) is 0. The first-order valence-electron chi connectivity index (χ1n) is 23.8. The van der Waals surface area contributed by atoms with Gasteiger partial charge in [-0.15, -0.1) is 0 Å². The van der Waals surface area contributed by atoms with Gasteiger partial charge in [-0.05, 0) is 161 Å². The maximum atomic E-state index is 2.59. The Morgan fingerprint density at radius 1 is 0.299 bits per heavy atom. The maximum absolute atomic E-state index is 2.59. The molecule has 0 radical (unpaired) electrons. The van der Waals surface area contributed by atoms with Gasteiger partial charge in [-0.25, -0.2) is 0 Å². The molecule has 1 heteroatoms. The predicted octanol–water partition coefficient (Wildman–Crippen LogP) is 16.5. The quantitative estimate of drug-likeness (QED) is 0.171. The van der Waals surface area contributed by atoms with Crippen molar-refractivity contribution < 1.29 is 0 Å². The van der Waals surface area contributed by atoms with Crippen LogP contribution in [0.4, 0.5) is 17.1 Å². The lowest BCUT2D eigenvalue weighted by Crippen LogP contribution is -2.28. The molecule has 0 saturated heterocycles. The molecule has 1 nitrogen and oxygen atoms in total. The van der Waals surface area contributed by atoms with Crippen LogP contribution in [0.3, 0.4) is 0 Å². The summed E-state index contributed by atoms with van der Waals surface area (Å²) in [6, 6.07) is 84.3. The van der Waals surface area contributed by atoms with E-state index in [4.69, 9.17) is 0 Å². The zero-order valence-electron chi connectivity index (χ0n) is 37.7. The Balaban J connectivity index is 1.12. The van der Waals surface area contributed by atoms with Crippen LogP contribution < -0.4 is 4.90 Å². The van der Waals surface area contributed by atoms with Gasteiger partial charge in [0, 0.05) is 22.5 Å². The fourth-order valence-electron chi connectivity index (χ4n) is 13.8. The van der Waals surface area contributed by atoms with E-state index in [2.05, 4.69) is 244 Å². The molecule has 6 bridgehead atoms. The van der Waals surface area contributed by atoms with Crippen LogP contribution in [0.2, 0.25) is 0 Å². The van der Waals surface area contributed by atoms with Gasteiger partial charge in [-0.3, -0.25) is 0 Å². The summed E-state index contributed by atoms with van der Waals surface area (Å²) in [7, 11) is 0. The summed E-state index contributed by atoms with van der Waals surface area (Å²) in [6.07, 6.45) is 0. The number of anilines is 3. The van der Waals surface area contributed by atoms with E-state index in [0.29, 0.717) is 0 Å². The molecule has 10 aromatic carbocycles. The van der Waals surface area contributed by atoms with Crippen LogP contribution >= 0.6 is 0 Å². The summed E-state index contributed by atoms with van der Waals surface area (Å²) in [5.41, 5.74) is 29.8. The van der Waals surface area contributed by atoms with Gasteiger partial charge >= 0.3 is 0 Å². The summed E-state index contributed by atoms with van der Waals surface area (Å²) < 4.78 is 0. The first-order chi connectivity index (χ1) is 32.9. The number of benzene rings is 10. The molecule has 0 saturated carbocycles. The fourth-order valence-corrected chi connectivity index (χ4v) is 13.8. The van der Waals surface area contributed by atoms with Gasteiger partial charge < -0.3 is 4.90 Å². The molecule has 1 aliphatic heterocycles. The minimum absolute atomic E-state index is 0.165. The molecule has 10 aromatic rings. The monoisotopic (exact) mass is 851 g/mol. The average Bonchev–Trinajstić information content (AvgIpc) is 4.02. The first kappa shape index (κ1) is 37.2. The van der Waals surface area contributed by atoms with Gasteiger partial charge in [-0.1, -0.05) is 195 Å². The highest BCUT2D eigenvalue weighted by Gasteiger charge is 2.53. The van der Waals surface area contributed by atoms with Crippen molar-refractivity contribution in [3.05, 3.63) is 280 Å². The molecule has 314 valence electrons. The van der Waals surface area contributed by atoms with Crippen molar-refractivity contribution in [3.63, 3.8) is 0 Å². The van der Waals surface area contributed by atoms with Gasteiger partial charge in [0.2, 0.25) is 0 Å². The van der Waals surface area contributed by atoms with Crippen LogP contribution in [0.25, 0.3) is 55.6 Å². The highest BCUT2D eigenvalue weighted by atomic mass is 15.1. The summed E-state index contributed by atoms with van der Waals surface area (Å²) >= 11 is 0. The van der Waals surface area contributed by atoms with Gasteiger partial charge in [0.15, 0.2) is 0 Å². The van der Waals surface area contributed by atoms with E-state index in [1.54, 1.807) is 0 Å². The third-order valence-corrected chi connectivity index (χ3v) is 16.5. The van der Waals surface area contributed by atoms with E-state index in [9.17, 15) is 0 Å². The highest BCUT2D eigenvalue weighted by molar-refractivity contribution is 6.02. The van der Waals surface area contributed by atoms with Crippen molar-refractivity contribution in [1.82, 2.24) is 0 Å². The summed E-state index contributed by atoms with van der Waals surface area (Å²) in [5.74, 6) is 0. The van der Waals surface area contributed by atoms with E-state index in [1.807, 2.05) is 0 Å². The molecule has 67 heavy (non-hydrogen) atoms. The van der Waals surface area contributed by atoms with Gasteiger partial charge in [-0.2, -0.15) is 0 Å². The third-order valence-electron chi connectivity index (χ3n) is 16.5. The largest absolute Gasteiger partial charge is 0.310 e. The number of hydrogen-bond donors (Lipinski definition) is 0. The van der Waals surface area contributed by atoms with Crippen molar-refractivity contribution in [2.75, 3.05) is 4.90 Å². The van der Waals surface area contributed by atoms with Crippen molar-refractivity contribution in [2.45, 2.75) is 37.0 Å². The number of rotatable bonds is 3. The lowest BCUT2D eigenvalue weighted by Gasteiger charge is -2.35. The Bertz CT molecular complexity index is 3760. The molecule has 4 aliphatic carbocycles. The first-order valence-corrected chi connectivity index (χ1v) is 23.8. The Hall–Kier alpha value is -8.00. The molecule has 0 fully saturated rings. The minimum Gasteiger partial charge on any atom is -0.310 e. The molecular formula is C66H45N. The lowest BCUT2D eigenvalue weighted by atomic mass is 9.67. The second-order valence-electron chi connectivity index (χ2n) is 20.0. The van der Waals surface area contributed by atoms with Crippen LogP contribution in [0.15, 0.2) is 218 Å². The molecule has 0 N–H and O–H groups in total. The smallest absolute Gasteiger partial charge is 0.0726 e. The maximum Gasteiger partial charge on any atom is 0.0726 e. The Morgan fingerprint density at radius 3 is 1.43 bits per heavy atom. The standard InChI is InChI=1S/C66H45N/c1-40-26-30-50-51-31-27-41-35-60(51)66(59(50)34-40)56-24-14-11-21-48(56)52-33-29-45(38-61(52)66)67(44-28-32-49-47-20-10-13-23-55(47)64(2,3)58(49)37-44)46-36-54(41)63-53-22-12-15-25-57(53)65(62(63)39-46,42-16-6-4-7-17-42)43-18-8-5-9-19-43/h4-39H,1-3H3. The molecule has 0 amide bonds. The lowest BCUT2D eigenvalue weighted by molar-refractivity contribution is 0.660. The van der Waals surface area contributed by atoms with E-state index in [-0.39, 0.29) is 5.41 Å². The average molecular weight is 852 g/mol. The Morgan fingerprint density at radius 2 is 0.761 bits per heavy atom. The van der Waals surface area contributed by atoms with Gasteiger partial charge in [0.25, 0.3) is 0 Å². The number of nitrogens with zero attached hydrogens (tertiary/aromatic N) is 1. The molecule has 1 atom stereocenters. The van der Waals surface area contributed by atoms with Crippen LogP contribution in [-0.4, -0.2) is 0 Å². The zero-order valence-corrected chi connectivity index (χ0v) is 37.7. The molecule has 1 unspecified atom stereocenters. The van der Waals surface area contributed by atoms with Crippen LogP contribution in [0.1, 0.15) is 75.0 Å². The second kappa shape index (κ2) is 12.9. The second-order valence-corrected chi connectivity index (χ2v) is 20.0.